The van der Waals surface area contributed by atoms with E-state index in [9.17, 15) is 18.0 Å². The number of carbonyl (C=O) groups excluding carboxylic acids is 1. The molecule has 1 atom stereocenters. The second kappa shape index (κ2) is 7.74. The molecule has 1 aromatic carbocycles. The van der Waals surface area contributed by atoms with E-state index in [1.807, 2.05) is 31.2 Å². The lowest BCUT2D eigenvalue weighted by molar-refractivity contribution is -0.142. The Kier molecular flexibility index (Phi) is 5.00. The number of halogens is 3. The number of likely N-dealkylation sites (tertiary alicyclic amines) is 1. The molecule has 0 radical (unpaired) electrons. The first-order chi connectivity index (χ1) is 15.3. The highest BCUT2D eigenvalue weighted by Gasteiger charge is 2.37. The summed E-state index contributed by atoms with van der Waals surface area (Å²) in [7, 11) is 0. The van der Waals surface area contributed by atoms with E-state index in [1.165, 1.54) is 17.4 Å². The van der Waals surface area contributed by atoms with Gasteiger partial charge in [0.2, 0.25) is 0 Å². The van der Waals surface area contributed by atoms with E-state index in [0.29, 0.717) is 11.4 Å². The molecule has 0 aliphatic carbocycles. The van der Waals surface area contributed by atoms with Gasteiger partial charge in [-0.25, -0.2) is 9.50 Å². The number of carbonyl (C=O) groups is 1. The van der Waals surface area contributed by atoms with Gasteiger partial charge in [-0.2, -0.15) is 18.3 Å². The molecule has 4 heterocycles. The van der Waals surface area contributed by atoms with Crippen molar-refractivity contribution < 1.29 is 18.0 Å². The SMILES string of the molecule is Cc1cccc([C@H]2CCCN2C(=O)c2cc3nc(-c4cccs4)cc(C(F)(F)F)n3n2)c1. The van der Waals surface area contributed by atoms with Crippen LogP contribution < -0.4 is 0 Å². The summed E-state index contributed by atoms with van der Waals surface area (Å²) in [5.74, 6) is -0.384. The van der Waals surface area contributed by atoms with E-state index in [0.717, 1.165) is 34.6 Å². The van der Waals surface area contributed by atoms with Crippen molar-refractivity contribution in [2.75, 3.05) is 6.54 Å². The molecule has 1 fully saturated rings. The molecule has 0 bridgehead atoms. The molecule has 0 N–H and O–H groups in total. The maximum Gasteiger partial charge on any atom is 0.433 e. The van der Waals surface area contributed by atoms with Crippen molar-refractivity contribution in [2.45, 2.75) is 32.0 Å². The zero-order valence-electron chi connectivity index (χ0n) is 17.1. The predicted octanol–water partition coefficient (Wildman–Crippen LogP) is 5.76. The minimum Gasteiger partial charge on any atom is -0.330 e. The van der Waals surface area contributed by atoms with Crippen LogP contribution in [-0.4, -0.2) is 31.9 Å². The second-order valence-electron chi connectivity index (χ2n) is 7.87. The highest BCUT2D eigenvalue weighted by Crippen LogP contribution is 2.35. The van der Waals surface area contributed by atoms with Crippen LogP contribution in [0.5, 0.6) is 0 Å². The molecule has 0 saturated carbocycles. The summed E-state index contributed by atoms with van der Waals surface area (Å²) in [6, 6.07) is 13.6. The Morgan fingerprint density at radius 3 is 2.72 bits per heavy atom. The van der Waals surface area contributed by atoms with Crippen molar-refractivity contribution in [3.8, 4) is 10.6 Å². The number of nitrogens with zero attached hydrogens (tertiary/aromatic N) is 4. The van der Waals surface area contributed by atoms with E-state index >= 15 is 0 Å². The number of aryl methyl sites for hydroxylation is 1. The van der Waals surface area contributed by atoms with E-state index in [2.05, 4.69) is 10.1 Å². The van der Waals surface area contributed by atoms with Gasteiger partial charge in [0.05, 0.1) is 16.6 Å². The number of amides is 1. The molecule has 164 valence electrons. The molecular formula is C23H19F3N4OS. The first kappa shape index (κ1) is 20.7. The molecule has 1 aliphatic rings. The molecule has 0 unspecified atom stereocenters. The first-order valence-electron chi connectivity index (χ1n) is 10.2. The largest absolute Gasteiger partial charge is 0.433 e. The summed E-state index contributed by atoms with van der Waals surface area (Å²) >= 11 is 1.30. The molecule has 9 heteroatoms. The van der Waals surface area contributed by atoms with Crippen molar-refractivity contribution in [3.05, 3.63) is 76.4 Å². The zero-order chi connectivity index (χ0) is 22.5. The van der Waals surface area contributed by atoms with Crippen molar-refractivity contribution >= 4 is 22.9 Å². The predicted molar refractivity (Wildman–Crippen MR) is 115 cm³/mol. The molecule has 4 aromatic rings. The number of fused-ring (bicyclic) bond motifs is 1. The molecule has 1 amide bonds. The number of alkyl halides is 3. The number of hydrogen-bond acceptors (Lipinski definition) is 4. The molecule has 1 aliphatic heterocycles. The maximum absolute atomic E-state index is 13.8. The number of thiophene rings is 1. The molecule has 3 aromatic heterocycles. The Balaban J connectivity index is 1.56. The highest BCUT2D eigenvalue weighted by molar-refractivity contribution is 7.13. The lowest BCUT2D eigenvalue weighted by atomic mass is 10.0. The highest BCUT2D eigenvalue weighted by atomic mass is 32.1. The van der Waals surface area contributed by atoms with Crippen molar-refractivity contribution in [1.82, 2.24) is 19.5 Å². The van der Waals surface area contributed by atoms with Crippen LogP contribution in [0.3, 0.4) is 0 Å². The Labute approximate surface area is 186 Å². The summed E-state index contributed by atoms with van der Waals surface area (Å²) in [6.07, 6.45) is -3.01. The van der Waals surface area contributed by atoms with E-state index in [-0.39, 0.29) is 29.0 Å². The van der Waals surface area contributed by atoms with Crippen LogP contribution in [-0.2, 0) is 6.18 Å². The third kappa shape index (κ3) is 3.66. The van der Waals surface area contributed by atoms with Gasteiger partial charge in [-0.3, -0.25) is 4.79 Å². The molecule has 5 nitrogen and oxygen atoms in total. The average molecular weight is 456 g/mol. The Bertz CT molecular complexity index is 1300. The third-order valence-corrected chi connectivity index (χ3v) is 6.54. The van der Waals surface area contributed by atoms with Gasteiger partial charge >= 0.3 is 6.18 Å². The van der Waals surface area contributed by atoms with Gasteiger partial charge in [-0.05, 0) is 42.8 Å². The molecule has 1 saturated heterocycles. The minimum atomic E-state index is -4.64. The molecule has 5 rings (SSSR count). The van der Waals surface area contributed by atoms with Crippen LogP contribution in [0.25, 0.3) is 16.2 Å². The topological polar surface area (TPSA) is 50.5 Å². The summed E-state index contributed by atoms with van der Waals surface area (Å²) in [5, 5.41) is 5.81. The van der Waals surface area contributed by atoms with E-state index in [1.54, 1.807) is 22.4 Å². The summed E-state index contributed by atoms with van der Waals surface area (Å²) in [5.41, 5.74) is 1.33. The Morgan fingerprint density at radius 2 is 2.00 bits per heavy atom. The number of benzene rings is 1. The van der Waals surface area contributed by atoms with Gasteiger partial charge in [-0.15, -0.1) is 11.3 Å². The van der Waals surface area contributed by atoms with Gasteiger partial charge in [0.15, 0.2) is 17.0 Å². The average Bonchev–Trinajstić information content (AvgIpc) is 3.52. The lowest BCUT2D eigenvalue weighted by Gasteiger charge is -2.24. The first-order valence-corrected chi connectivity index (χ1v) is 11.1. The smallest absolute Gasteiger partial charge is 0.330 e. The lowest BCUT2D eigenvalue weighted by Crippen LogP contribution is -2.31. The number of aromatic nitrogens is 3. The van der Waals surface area contributed by atoms with Gasteiger partial charge in [0, 0.05) is 12.6 Å². The van der Waals surface area contributed by atoms with Gasteiger partial charge < -0.3 is 4.90 Å². The fourth-order valence-electron chi connectivity index (χ4n) is 4.21. The van der Waals surface area contributed by atoms with Crippen LogP contribution >= 0.6 is 11.3 Å². The van der Waals surface area contributed by atoms with Crippen LogP contribution in [0.2, 0.25) is 0 Å². The number of hydrogen-bond donors (Lipinski definition) is 0. The van der Waals surface area contributed by atoms with E-state index < -0.39 is 11.9 Å². The standard InChI is InChI=1S/C23H19F3N4OS/c1-14-5-2-6-15(11-14)18-7-3-9-29(18)22(31)17-13-21-27-16(19-8-4-10-32-19)12-20(23(24,25)26)30(21)28-17/h2,4-6,8,10-13,18H,3,7,9H2,1H3/t18-/m1/s1. The molecule has 0 spiro atoms. The van der Waals surface area contributed by atoms with Crippen molar-refractivity contribution in [1.29, 1.82) is 0 Å². The third-order valence-electron chi connectivity index (χ3n) is 5.65. The summed E-state index contributed by atoms with van der Waals surface area (Å²) in [6.45, 7) is 2.52. The normalized spacial score (nSPS) is 16.8. The quantitative estimate of drug-likeness (QED) is 0.394. The van der Waals surface area contributed by atoms with Crippen LogP contribution in [0.1, 0.15) is 46.2 Å². The monoisotopic (exact) mass is 456 g/mol. The van der Waals surface area contributed by atoms with E-state index in [4.69, 9.17) is 0 Å². The summed E-state index contributed by atoms with van der Waals surface area (Å²) < 4.78 is 42.1. The molecular weight excluding hydrogens is 437 g/mol. The Morgan fingerprint density at radius 1 is 1.16 bits per heavy atom. The van der Waals surface area contributed by atoms with Gasteiger partial charge in [0.1, 0.15) is 0 Å². The second-order valence-corrected chi connectivity index (χ2v) is 8.82. The van der Waals surface area contributed by atoms with Crippen LogP contribution in [0.4, 0.5) is 13.2 Å². The number of rotatable bonds is 3. The van der Waals surface area contributed by atoms with Gasteiger partial charge in [0.25, 0.3) is 5.91 Å². The van der Waals surface area contributed by atoms with Gasteiger partial charge in [-0.1, -0.05) is 35.9 Å². The summed E-state index contributed by atoms with van der Waals surface area (Å²) in [4.78, 5) is 20.0. The molecule has 32 heavy (non-hydrogen) atoms. The fraction of sp³-hybridized carbons (Fsp3) is 0.261. The Hall–Kier alpha value is -3.20. The van der Waals surface area contributed by atoms with Crippen LogP contribution in [0.15, 0.2) is 53.9 Å². The van der Waals surface area contributed by atoms with Crippen LogP contribution in [0, 0.1) is 6.92 Å². The zero-order valence-corrected chi connectivity index (χ0v) is 18.0. The fourth-order valence-corrected chi connectivity index (χ4v) is 4.90. The minimum absolute atomic E-state index is 0.00197. The van der Waals surface area contributed by atoms with Crippen molar-refractivity contribution in [3.63, 3.8) is 0 Å². The maximum atomic E-state index is 13.8. The van der Waals surface area contributed by atoms with Crippen molar-refractivity contribution in [2.24, 2.45) is 0 Å².